The standard InChI is InChI=1S/C15H15BrO4/c16-10-7-5-9(6-8-10)13(17)14(18)11-3-1-2-4-12(11)15(19)20/h5-8,11-12H,1-4H2,(H,19,20)/t11-,12-/m1/s1. The minimum atomic E-state index is -0.980. The van der Waals surface area contributed by atoms with Crippen molar-refractivity contribution in [3.8, 4) is 0 Å². The van der Waals surface area contributed by atoms with Crippen molar-refractivity contribution < 1.29 is 19.5 Å². The number of carboxylic acid groups (broad SMARTS) is 1. The van der Waals surface area contributed by atoms with Crippen molar-refractivity contribution in [1.29, 1.82) is 0 Å². The molecule has 2 rings (SSSR count). The summed E-state index contributed by atoms with van der Waals surface area (Å²) in [6.45, 7) is 0. The van der Waals surface area contributed by atoms with Gasteiger partial charge in [-0.25, -0.2) is 0 Å². The second-order valence-corrected chi connectivity index (χ2v) is 5.95. The molecule has 0 bridgehead atoms. The zero-order valence-electron chi connectivity index (χ0n) is 10.8. The molecule has 1 N–H and O–H groups in total. The molecule has 0 radical (unpaired) electrons. The number of ketones is 2. The maximum absolute atomic E-state index is 12.3. The Balaban J connectivity index is 2.18. The molecule has 20 heavy (non-hydrogen) atoms. The van der Waals surface area contributed by atoms with Crippen LogP contribution in [0, 0.1) is 11.8 Å². The van der Waals surface area contributed by atoms with Crippen LogP contribution in [-0.2, 0) is 9.59 Å². The Kier molecular flexibility index (Phi) is 4.70. The van der Waals surface area contributed by atoms with Gasteiger partial charge in [0.05, 0.1) is 5.92 Å². The minimum absolute atomic E-state index is 0.313. The summed E-state index contributed by atoms with van der Waals surface area (Å²) >= 11 is 3.26. The molecular weight excluding hydrogens is 324 g/mol. The number of Topliss-reactive ketones (excluding diaryl/α,β-unsaturated/α-hetero) is 2. The van der Waals surface area contributed by atoms with Crippen molar-refractivity contribution in [3.05, 3.63) is 34.3 Å². The highest BCUT2D eigenvalue weighted by Crippen LogP contribution is 2.31. The molecule has 1 aliphatic rings. The first-order chi connectivity index (χ1) is 9.50. The highest BCUT2D eigenvalue weighted by Gasteiger charge is 2.38. The maximum Gasteiger partial charge on any atom is 0.307 e. The molecule has 5 heteroatoms. The highest BCUT2D eigenvalue weighted by atomic mass is 79.9. The Hall–Kier alpha value is -1.49. The van der Waals surface area contributed by atoms with Crippen molar-refractivity contribution in [2.45, 2.75) is 25.7 Å². The molecule has 1 saturated carbocycles. The lowest BCUT2D eigenvalue weighted by Gasteiger charge is -2.26. The number of carbonyl (C=O) groups is 3. The van der Waals surface area contributed by atoms with Crippen LogP contribution in [0.2, 0.25) is 0 Å². The van der Waals surface area contributed by atoms with E-state index >= 15 is 0 Å². The van der Waals surface area contributed by atoms with E-state index in [1.807, 2.05) is 0 Å². The topological polar surface area (TPSA) is 71.4 Å². The lowest BCUT2D eigenvalue weighted by Crippen LogP contribution is -2.36. The van der Waals surface area contributed by atoms with E-state index in [0.29, 0.717) is 18.4 Å². The van der Waals surface area contributed by atoms with Gasteiger partial charge >= 0.3 is 5.97 Å². The highest BCUT2D eigenvalue weighted by molar-refractivity contribution is 9.10. The first kappa shape index (κ1) is 14.9. The van der Waals surface area contributed by atoms with Crippen molar-refractivity contribution >= 4 is 33.5 Å². The number of rotatable bonds is 4. The van der Waals surface area contributed by atoms with E-state index in [1.165, 1.54) is 0 Å². The number of carboxylic acids is 1. The number of halogens is 1. The molecule has 1 aromatic rings. The van der Waals surface area contributed by atoms with Crippen LogP contribution in [0.3, 0.4) is 0 Å². The molecule has 0 aromatic heterocycles. The van der Waals surface area contributed by atoms with Gasteiger partial charge in [0.25, 0.3) is 0 Å². The molecule has 0 spiro atoms. The largest absolute Gasteiger partial charge is 0.481 e. The van der Waals surface area contributed by atoms with Crippen LogP contribution in [0.5, 0.6) is 0 Å². The second-order valence-electron chi connectivity index (χ2n) is 5.04. The van der Waals surface area contributed by atoms with E-state index < -0.39 is 29.4 Å². The van der Waals surface area contributed by atoms with Crippen molar-refractivity contribution in [2.75, 3.05) is 0 Å². The first-order valence-corrected chi connectivity index (χ1v) is 7.37. The monoisotopic (exact) mass is 338 g/mol. The molecule has 1 fully saturated rings. The lowest BCUT2D eigenvalue weighted by atomic mass is 9.75. The van der Waals surface area contributed by atoms with Crippen molar-refractivity contribution in [3.63, 3.8) is 0 Å². The molecule has 106 valence electrons. The fourth-order valence-corrected chi connectivity index (χ4v) is 2.92. The smallest absolute Gasteiger partial charge is 0.307 e. The van der Waals surface area contributed by atoms with E-state index in [2.05, 4.69) is 15.9 Å². The number of hydrogen-bond donors (Lipinski definition) is 1. The van der Waals surface area contributed by atoms with Gasteiger partial charge < -0.3 is 5.11 Å². The van der Waals surface area contributed by atoms with Gasteiger partial charge in [-0.1, -0.05) is 28.8 Å². The predicted octanol–water partition coefficient (Wildman–Crippen LogP) is 3.09. The van der Waals surface area contributed by atoms with E-state index in [-0.39, 0.29) is 0 Å². The summed E-state index contributed by atoms with van der Waals surface area (Å²) in [5.74, 6) is -3.55. The van der Waals surface area contributed by atoms with Crippen LogP contribution in [0.1, 0.15) is 36.0 Å². The van der Waals surface area contributed by atoms with E-state index in [9.17, 15) is 19.5 Å². The normalized spacial score (nSPS) is 22.2. The van der Waals surface area contributed by atoms with E-state index in [1.54, 1.807) is 24.3 Å². The quantitative estimate of drug-likeness (QED) is 0.676. The minimum Gasteiger partial charge on any atom is -0.481 e. The van der Waals surface area contributed by atoms with E-state index in [0.717, 1.165) is 17.3 Å². The summed E-state index contributed by atoms with van der Waals surface area (Å²) in [6.07, 6.45) is 2.55. The molecule has 0 amide bonds. The Bertz CT molecular complexity index is 535. The predicted molar refractivity (Wildman–Crippen MR) is 76.6 cm³/mol. The lowest BCUT2D eigenvalue weighted by molar-refractivity contribution is -0.147. The molecule has 1 aliphatic carbocycles. The zero-order valence-corrected chi connectivity index (χ0v) is 12.4. The molecule has 1 aromatic carbocycles. The van der Waals surface area contributed by atoms with Crippen LogP contribution < -0.4 is 0 Å². The Morgan fingerprint density at radius 1 is 1.00 bits per heavy atom. The van der Waals surface area contributed by atoms with Gasteiger partial charge in [-0.15, -0.1) is 0 Å². The second kappa shape index (κ2) is 6.31. The fraction of sp³-hybridized carbons (Fsp3) is 0.400. The fourth-order valence-electron chi connectivity index (χ4n) is 2.65. The van der Waals surface area contributed by atoms with Gasteiger partial charge in [0.1, 0.15) is 0 Å². The average molecular weight is 339 g/mol. The SMILES string of the molecule is O=C(C(=O)[C@@H]1CCCC[C@H]1C(=O)O)c1ccc(Br)cc1. The maximum atomic E-state index is 12.3. The third-order valence-corrected chi connectivity index (χ3v) is 4.28. The molecule has 0 heterocycles. The van der Waals surface area contributed by atoms with Gasteiger partial charge in [0.2, 0.25) is 11.6 Å². The molecule has 0 aliphatic heterocycles. The van der Waals surface area contributed by atoms with Gasteiger partial charge in [-0.3, -0.25) is 14.4 Å². The Morgan fingerprint density at radius 2 is 1.55 bits per heavy atom. The van der Waals surface area contributed by atoms with Gasteiger partial charge in [0, 0.05) is 16.0 Å². The van der Waals surface area contributed by atoms with Gasteiger partial charge in [-0.05, 0) is 37.1 Å². The number of carbonyl (C=O) groups excluding carboxylic acids is 2. The van der Waals surface area contributed by atoms with Crippen molar-refractivity contribution in [1.82, 2.24) is 0 Å². The summed E-state index contributed by atoms with van der Waals surface area (Å²) in [4.78, 5) is 35.6. The number of hydrogen-bond acceptors (Lipinski definition) is 3. The third kappa shape index (κ3) is 3.15. The van der Waals surface area contributed by atoms with Crippen LogP contribution in [-0.4, -0.2) is 22.6 Å². The zero-order chi connectivity index (χ0) is 14.7. The summed E-state index contributed by atoms with van der Waals surface area (Å²) < 4.78 is 0.822. The summed E-state index contributed by atoms with van der Waals surface area (Å²) in [6, 6.07) is 6.53. The van der Waals surface area contributed by atoms with E-state index in [4.69, 9.17) is 0 Å². The molecule has 0 unspecified atom stereocenters. The third-order valence-electron chi connectivity index (χ3n) is 3.75. The van der Waals surface area contributed by atoms with Crippen LogP contribution in [0.15, 0.2) is 28.7 Å². The van der Waals surface area contributed by atoms with Crippen molar-refractivity contribution in [2.24, 2.45) is 11.8 Å². The number of aliphatic carboxylic acids is 1. The van der Waals surface area contributed by atoms with Crippen LogP contribution in [0.25, 0.3) is 0 Å². The Labute approximate surface area is 125 Å². The molecule has 4 nitrogen and oxygen atoms in total. The summed E-state index contributed by atoms with van der Waals surface area (Å²) in [7, 11) is 0. The van der Waals surface area contributed by atoms with Gasteiger partial charge in [-0.2, -0.15) is 0 Å². The summed E-state index contributed by atoms with van der Waals surface area (Å²) in [5.41, 5.74) is 0.313. The van der Waals surface area contributed by atoms with Gasteiger partial charge in [0.15, 0.2) is 0 Å². The Morgan fingerprint density at radius 3 is 2.10 bits per heavy atom. The number of benzene rings is 1. The summed E-state index contributed by atoms with van der Waals surface area (Å²) in [5, 5.41) is 9.18. The average Bonchev–Trinajstić information content (AvgIpc) is 2.46. The molecule has 2 atom stereocenters. The molecular formula is C15H15BrO4. The van der Waals surface area contributed by atoms with Crippen LogP contribution in [0.4, 0.5) is 0 Å². The first-order valence-electron chi connectivity index (χ1n) is 6.57. The van der Waals surface area contributed by atoms with Crippen LogP contribution >= 0.6 is 15.9 Å². The molecule has 0 saturated heterocycles.